The summed E-state index contributed by atoms with van der Waals surface area (Å²) in [6, 6.07) is 0. The second kappa shape index (κ2) is 4.06. The van der Waals surface area contributed by atoms with E-state index in [9.17, 15) is 4.79 Å². The summed E-state index contributed by atoms with van der Waals surface area (Å²) in [6.45, 7) is 0. The molecule has 0 aliphatic heterocycles. The van der Waals surface area contributed by atoms with Gasteiger partial charge in [0.05, 0.1) is 0 Å². The van der Waals surface area contributed by atoms with Crippen LogP contribution in [0.4, 0.5) is 0 Å². The van der Waals surface area contributed by atoms with Crippen molar-refractivity contribution < 1.29 is 9.90 Å². The molecule has 88 valence electrons. The maximum atomic E-state index is 11.0. The summed E-state index contributed by atoms with van der Waals surface area (Å²) in [6.07, 6.45) is 3.45. The fourth-order valence-corrected chi connectivity index (χ4v) is 3.07. The standard InChI is InChI=1S/C9H14N4O2S/c1-13-5-11-12-8(13)16-6-2-3-9(10,4-6)7(14)15/h5-6H,2-4,10H2,1H3,(H,14,15). The molecule has 1 aliphatic carbocycles. The lowest BCUT2D eigenvalue weighted by Crippen LogP contribution is -2.45. The Bertz CT molecular complexity index is 408. The average molecular weight is 242 g/mol. The van der Waals surface area contributed by atoms with Crippen LogP contribution < -0.4 is 5.73 Å². The number of carboxylic acid groups (broad SMARTS) is 1. The predicted octanol–water partition coefficient (Wildman–Crippen LogP) is 0.242. The van der Waals surface area contributed by atoms with Gasteiger partial charge in [0, 0.05) is 12.3 Å². The summed E-state index contributed by atoms with van der Waals surface area (Å²) in [5, 5.41) is 17.8. The molecule has 2 unspecified atom stereocenters. The third-order valence-corrected chi connectivity index (χ3v) is 4.19. The van der Waals surface area contributed by atoms with E-state index < -0.39 is 11.5 Å². The predicted molar refractivity (Wildman–Crippen MR) is 59.1 cm³/mol. The monoisotopic (exact) mass is 242 g/mol. The first-order valence-electron chi connectivity index (χ1n) is 5.04. The Balaban J connectivity index is 2.00. The van der Waals surface area contributed by atoms with Crippen molar-refractivity contribution in [1.29, 1.82) is 0 Å². The summed E-state index contributed by atoms with van der Waals surface area (Å²) < 4.78 is 1.82. The van der Waals surface area contributed by atoms with Gasteiger partial charge in [0.25, 0.3) is 0 Å². The minimum atomic E-state index is -1.06. The SMILES string of the molecule is Cn1cnnc1SC1CCC(N)(C(=O)O)C1. The summed E-state index contributed by atoms with van der Waals surface area (Å²) >= 11 is 1.55. The third kappa shape index (κ3) is 2.05. The zero-order valence-electron chi connectivity index (χ0n) is 8.96. The van der Waals surface area contributed by atoms with Crippen LogP contribution in [0.1, 0.15) is 19.3 Å². The van der Waals surface area contributed by atoms with Crippen LogP contribution in [-0.2, 0) is 11.8 Å². The van der Waals surface area contributed by atoms with Gasteiger partial charge in [0.1, 0.15) is 11.9 Å². The van der Waals surface area contributed by atoms with E-state index in [0.717, 1.165) is 11.6 Å². The van der Waals surface area contributed by atoms with Gasteiger partial charge < -0.3 is 15.4 Å². The minimum Gasteiger partial charge on any atom is -0.480 e. The van der Waals surface area contributed by atoms with Crippen LogP contribution in [0.25, 0.3) is 0 Å². The maximum absolute atomic E-state index is 11.0. The van der Waals surface area contributed by atoms with Crippen LogP contribution in [0.2, 0.25) is 0 Å². The molecular weight excluding hydrogens is 228 g/mol. The molecule has 0 spiro atoms. The molecule has 3 N–H and O–H groups in total. The maximum Gasteiger partial charge on any atom is 0.323 e. The molecule has 1 aliphatic rings. The van der Waals surface area contributed by atoms with E-state index in [1.165, 1.54) is 0 Å². The normalized spacial score (nSPS) is 29.5. The van der Waals surface area contributed by atoms with Crippen LogP contribution >= 0.6 is 11.8 Å². The lowest BCUT2D eigenvalue weighted by Gasteiger charge is -2.17. The van der Waals surface area contributed by atoms with E-state index in [1.54, 1.807) is 18.1 Å². The molecular formula is C9H14N4O2S. The fraction of sp³-hybridized carbons (Fsp3) is 0.667. The average Bonchev–Trinajstić information content (AvgIpc) is 2.77. The molecule has 6 nitrogen and oxygen atoms in total. The smallest absolute Gasteiger partial charge is 0.323 e. The number of aryl methyl sites for hydroxylation is 1. The van der Waals surface area contributed by atoms with Crippen molar-refractivity contribution >= 4 is 17.7 Å². The van der Waals surface area contributed by atoms with E-state index in [0.29, 0.717) is 12.8 Å². The van der Waals surface area contributed by atoms with Crippen molar-refractivity contribution in [3.63, 3.8) is 0 Å². The van der Waals surface area contributed by atoms with Gasteiger partial charge in [-0.1, -0.05) is 11.8 Å². The molecule has 1 heterocycles. The van der Waals surface area contributed by atoms with Gasteiger partial charge in [-0.2, -0.15) is 0 Å². The van der Waals surface area contributed by atoms with E-state index >= 15 is 0 Å². The number of aliphatic carboxylic acids is 1. The molecule has 1 aromatic rings. The first-order chi connectivity index (χ1) is 7.51. The van der Waals surface area contributed by atoms with Gasteiger partial charge in [-0.25, -0.2) is 0 Å². The molecule has 1 aromatic heterocycles. The molecule has 7 heteroatoms. The Hall–Kier alpha value is -1.08. The first-order valence-corrected chi connectivity index (χ1v) is 5.92. The zero-order chi connectivity index (χ0) is 11.8. The number of carbonyl (C=O) groups is 1. The fourth-order valence-electron chi connectivity index (χ4n) is 1.85. The van der Waals surface area contributed by atoms with E-state index in [2.05, 4.69) is 10.2 Å². The highest BCUT2D eigenvalue weighted by atomic mass is 32.2. The van der Waals surface area contributed by atoms with E-state index in [-0.39, 0.29) is 5.25 Å². The van der Waals surface area contributed by atoms with Gasteiger partial charge in [-0.3, -0.25) is 4.79 Å². The minimum absolute atomic E-state index is 0.212. The lowest BCUT2D eigenvalue weighted by atomic mass is 10.0. The van der Waals surface area contributed by atoms with E-state index in [4.69, 9.17) is 10.8 Å². The lowest BCUT2D eigenvalue weighted by molar-refractivity contribution is -0.143. The Labute approximate surface area is 97.2 Å². The van der Waals surface area contributed by atoms with Crippen LogP contribution in [0.3, 0.4) is 0 Å². The number of hydrogen-bond donors (Lipinski definition) is 2. The largest absolute Gasteiger partial charge is 0.480 e. The van der Waals surface area contributed by atoms with Gasteiger partial charge in [-0.15, -0.1) is 10.2 Å². The van der Waals surface area contributed by atoms with Gasteiger partial charge >= 0.3 is 5.97 Å². The van der Waals surface area contributed by atoms with Crippen molar-refractivity contribution in [1.82, 2.24) is 14.8 Å². The molecule has 1 saturated carbocycles. The molecule has 16 heavy (non-hydrogen) atoms. The van der Waals surface area contributed by atoms with Crippen molar-refractivity contribution in [3.8, 4) is 0 Å². The highest BCUT2D eigenvalue weighted by molar-refractivity contribution is 7.99. The Kier molecular flexibility index (Phi) is 2.90. The first kappa shape index (κ1) is 11.4. The highest BCUT2D eigenvalue weighted by Crippen LogP contribution is 2.38. The molecule has 0 aromatic carbocycles. The molecule has 1 fully saturated rings. The van der Waals surface area contributed by atoms with Crippen molar-refractivity contribution in [3.05, 3.63) is 6.33 Å². The Morgan fingerprint density at radius 3 is 3.06 bits per heavy atom. The number of aromatic nitrogens is 3. The zero-order valence-corrected chi connectivity index (χ0v) is 9.78. The molecule has 0 saturated heterocycles. The summed E-state index contributed by atoms with van der Waals surface area (Å²) in [4.78, 5) is 11.0. The highest BCUT2D eigenvalue weighted by Gasteiger charge is 2.42. The van der Waals surface area contributed by atoms with E-state index in [1.807, 2.05) is 11.6 Å². The van der Waals surface area contributed by atoms with Gasteiger partial charge in [-0.05, 0) is 19.3 Å². The number of nitrogens with two attached hydrogens (primary N) is 1. The number of carboxylic acids is 1. The second-order valence-electron chi connectivity index (χ2n) is 4.17. The van der Waals surface area contributed by atoms with Crippen molar-refractivity contribution in [2.24, 2.45) is 12.8 Å². The van der Waals surface area contributed by atoms with Gasteiger partial charge in [0.2, 0.25) is 0 Å². The number of rotatable bonds is 3. The van der Waals surface area contributed by atoms with Crippen LogP contribution in [-0.4, -0.2) is 36.6 Å². The second-order valence-corrected chi connectivity index (χ2v) is 5.44. The van der Waals surface area contributed by atoms with Crippen LogP contribution in [0, 0.1) is 0 Å². The number of hydrogen-bond acceptors (Lipinski definition) is 5. The summed E-state index contributed by atoms with van der Waals surface area (Å²) in [5.74, 6) is -0.909. The third-order valence-electron chi connectivity index (χ3n) is 2.87. The van der Waals surface area contributed by atoms with Crippen molar-refractivity contribution in [2.75, 3.05) is 0 Å². The summed E-state index contributed by atoms with van der Waals surface area (Å²) in [7, 11) is 1.87. The molecule has 0 radical (unpaired) electrons. The van der Waals surface area contributed by atoms with Crippen LogP contribution in [0.15, 0.2) is 11.5 Å². The molecule has 2 rings (SSSR count). The summed E-state index contributed by atoms with van der Waals surface area (Å²) in [5.41, 5.74) is 4.74. The topological polar surface area (TPSA) is 94.0 Å². The molecule has 2 atom stereocenters. The Morgan fingerprint density at radius 1 is 1.81 bits per heavy atom. The quantitative estimate of drug-likeness (QED) is 0.788. The van der Waals surface area contributed by atoms with Crippen LogP contribution in [0.5, 0.6) is 0 Å². The number of nitrogens with zero attached hydrogens (tertiary/aromatic N) is 3. The molecule has 0 bridgehead atoms. The van der Waals surface area contributed by atoms with Gasteiger partial charge in [0.15, 0.2) is 5.16 Å². The molecule has 0 amide bonds. The Morgan fingerprint density at radius 2 is 2.56 bits per heavy atom. The van der Waals surface area contributed by atoms with Crippen molar-refractivity contribution in [2.45, 2.75) is 35.2 Å². The number of thioether (sulfide) groups is 1.